The molecule has 1 aromatic heterocycles. The highest BCUT2D eigenvalue weighted by Crippen LogP contribution is 2.16. The number of carbonyl (C=O) groups excluding carboxylic acids is 1. The zero-order chi connectivity index (χ0) is 15.2. The Kier molecular flexibility index (Phi) is 5.17. The number of hydrogen-bond donors (Lipinski definition) is 2. The number of rotatable bonds is 6. The number of aryl methyl sites for hydroxylation is 1. The van der Waals surface area contributed by atoms with Crippen LogP contribution in [-0.2, 0) is 13.0 Å². The highest BCUT2D eigenvalue weighted by molar-refractivity contribution is 6.04. The van der Waals surface area contributed by atoms with Crippen LogP contribution in [0.4, 0.5) is 5.69 Å². The lowest BCUT2D eigenvalue weighted by Crippen LogP contribution is -2.21. The van der Waals surface area contributed by atoms with Crippen LogP contribution in [0.3, 0.4) is 0 Å². The molecule has 2 N–H and O–H groups in total. The number of benzene rings is 1. The lowest BCUT2D eigenvalue weighted by molar-refractivity contribution is 0.102. The third kappa shape index (κ3) is 4.20. The third-order valence-corrected chi connectivity index (χ3v) is 3.21. The summed E-state index contributed by atoms with van der Waals surface area (Å²) in [6, 6.07) is 10.0. The normalized spacial score (nSPS) is 10.9. The maximum atomic E-state index is 12.2. The average Bonchev–Trinajstić information content (AvgIpc) is 2.94. The van der Waals surface area contributed by atoms with Gasteiger partial charge in [0.15, 0.2) is 0 Å². The summed E-state index contributed by atoms with van der Waals surface area (Å²) in [4.78, 5) is 12.2. The SMILES string of the molecule is CCc1occc1C(=O)Nc1cccc(CNC(C)C)c1. The molecule has 0 saturated carbocycles. The van der Waals surface area contributed by atoms with E-state index in [0.29, 0.717) is 23.8 Å². The van der Waals surface area contributed by atoms with Crippen molar-refractivity contribution in [2.45, 2.75) is 39.8 Å². The summed E-state index contributed by atoms with van der Waals surface area (Å²) in [6.07, 6.45) is 2.25. The largest absolute Gasteiger partial charge is 0.469 e. The van der Waals surface area contributed by atoms with Crippen molar-refractivity contribution in [3.05, 3.63) is 53.5 Å². The molecular weight excluding hydrogens is 264 g/mol. The van der Waals surface area contributed by atoms with Crippen molar-refractivity contribution in [3.63, 3.8) is 0 Å². The lowest BCUT2D eigenvalue weighted by atomic mass is 10.1. The first kappa shape index (κ1) is 15.3. The van der Waals surface area contributed by atoms with Gasteiger partial charge in [-0.1, -0.05) is 32.9 Å². The van der Waals surface area contributed by atoms with Crippen LogP contribution < -0.4 is 10.6 Å². The molecule has 0 atom stereocenters. The molecule has 1 amide bonds. The molecule has 0 aliphatic rings. The van der Waals surface area contributed by atoms with Crippen LogP contribution in [0.1, 0.15) is 42.5 Å². The minimum Gasteiger partial charge on any atom is -0.469 e. The van der Waals surface area contributed by atoms with Crippen LogP contribution in [0, 0.1) is 0 Å². The monoisotopic (exact) mass is 286 g/mol. The Labute approximate surface area is 125 Å². The van der Waals surface area contributed by atoms with Crippen LogP contribution >= 0.6 is 0 Å². The summed E-state index contributed by atoms with van der Waals surface area (Å²) >= 11 is 0. The van der Waals surface area contributed by atoms with Crippen LogP contribution in [-0.4, -0.2) is 11.9 Å². The van der Waals surface area contributed by atoms with E-state index in [1.165, 1.54) is 0 Å². The second-order valence-corrected chi connectivity index (χ2v) is 5.30. The second kappa shape index (κ2) is 7.09. The minimum absolute atomic E-state index is 0.130. The molecule has 0 spiro atoms. The summed E-state index contributed by atoms with van der Waals surface area (Å²) in [5.41, 5.74) is 2.54. The van der Waals surface area contributed by atoms with Gasteiger partial charge >= 0.3 is 0 Å². The topological polar surface area (TPSA) is 54.3 Å². The van der Waals surface area contributed by atoms with E-state index in [-0.39, 0.29) is 5.91 Å². The number of hydrogen-bond acceptors (Lipinski definition) is 3. The number of nitrogens with one attached hydrogen (secondary N) is 2. The summed E-state index contributed by atoms with van der Waals surface area (Å²) in [7, 11) is 0. The van der Waals surface area contributed by atoms with Crippen molar-refractivity contribution in [2.75, 3.05) is 5.32 Å². The van der Waals surface area contributed by atoms with Crippen molar-refractivity contribution in [1.29, 1.82) is 0 Å². The molecule has 0 aliphatic heterocycles. The van der Waals surface area contributed by atoms with Crippen LogP contribution in [0.5, 0.6) is 0 Å². The van der Waals surface area contributed by atoms with Gasteiger partial charge in [-0.05, 0) is 23.8 Å². The van der Waals surface area contributed by atoms with E-state index in [9.17, 15) is 4.79 Å². The molecule has 2 aromatic rings. The van der Waals surface area contributed by atoms with Crippen molar-refractivity contribution >= 4 is 11.6 Å². The van der Waals surface area contributed by atoms with Crippen molar-refractivity contribution in [1.82, 2.24) is 5.32 Å². The summed E-state index contributed by atoms with van der Waals surface area (Å²) in [5.74, 6) is 0.583. The van der Waals surface area contributed by atoms with Crippen LogP contribution in [0.15, 0.2) is 41.0 Å². The highest BCUT2D eigenvalue weighted by Gasteiger charge is 2.13. The molecule has 0 fully saturated rings. The van der Waals surface area contributed by atoms with Gasteiger partial charge < -0.3 is 15.1 Å². The van der Waals surface area contributed by atoms with Crippen LogP contribution in [0.2, 0.25) is 0 Å². The number of furan rings is 1. The van der Waals surface area contributed by atoms with Gasteiger partial charge in [-0.2, -0.15) is 0 Å². The van der Waals surface area contributed by atoms with Gasteiger partial charge in [0.25, 0.3) is 5.91 Å². The first-order valence-electron chi connectivity index (χ1n) is 7.30. The molecule has 1 heterocycles. The molecule has 1 aromatic carbocycles. The van der Waals surface area contributed by atoms with E-state index in [4.69, 9.17) is 4.42 Å². The van der Waals surface area contributed by atoms with Crippen molar-refractivity contribution < 1.29 is 9.21 Å². The first-order chi connectivity index (χ1) is 10.1. The van der Waals surface area contributed by atoms with E-state index in [1.54, 1.807) is 12.3 Å². The molecular formula is C17H22N2O2. The molecule has 4 heteroatoms. The molecule has 0 unspecified atom stereocenters. The number of carbonyl (C=O) groups is 1. The molecule has 0 saturated heterocycles. The van der Waals surface area contributed by atoms with Crippen LogP contribution in [0.25, 0.3) is 0 Å². The molecule has 2 rings (SSSR count). The first-order valence-corrected chi connectivity index (χ1v) is 7.30. The molecule has 21 heavy (non-hydrogen) atoms. The molecule has 112 valence electrons. The summed E-state index contributed by atoms with van der Waals surface area (Å²) in [6.45, 7) is 6.97. The van der Waals surface area contributed by atoms with Gasteiger partial charge in [0.1, 0.15) is 5.76 Å². The maximum Gasteiger partial charge on any atom is 0.259 e. The summed E-state index contributed by atoms with van der Waals surface area (Å²) in [5, 5.41) is 6.28. The van der Waals surface area contributed by atoms with Crippen molar-refractivity contribution in [2.24, 2.45) is 0 Å². The van der Waals surface area contributed by atoms with E-state index in [2.05, 4.69) is 24.5 Å². The molecule has 0 radical (unpaired) electrons. The van der Waals surface area contributed by atoms with Gasteiger partial charge in [-0.3, -0.25) is 4.79 Å². The Hall–Kier alpha value is -2.07. The fourth-order valence-corrected chi connectivity index (χ4v) is 2.10. The predicted octanol–water partition coefficient (Wildman–Crippen LogP) is 3.59. The third-order valence-electron chi connectivity index (χ3n) is 3.21. The fourth-order valence-electron chi connectivity index (χ4n) is 2.10. The Morgan fingerprint density at radius 2 is 2.10 bits per heavy atom. The predicted molar refractivity (Wildman–Crippen MR) is 84.5 cm³/mol. The standard InChI is InChI=1S/C17H22N2O2/c1-4-16-15(8-9-21-16)17(20)19-14-7-5-6-13(10-14)11-18-12(2)3/h5-10,12,18H,4,11H2,1-3H3,(H,19,20). The van der Waals surface area contributed by atoms with E-state index >= 15 is 0 Å². The van der Waals surface area contributed by atoms with E-state index in [1.807, 2.05) is 31.2 Å². The number of anilines is 1. The van der Waals surface area contributed by atoms with Gasteiger partial charge in [0.05, 0.1) is 11.8 Å². The van der Waals surface area contributed by atoms with Gasteiger partial charge in [0.2, 0.25) is 0 Å². The number of amides is 1. The van der Waals surface area contributed by atoms with Crippen molar-refractivity contribution in [3.8, 4) is 0 Å². The minimum atomic E-state index is -0.130. The zero-order valence-electron chi connectivity index (χ0n) is 12.8. The smallest absolute Gasteiger partial charge is 0.259 e. The average molecular weight is 286 g/mol. The molecule has 0 bridgehead atoms. The lowest BCUT2D eigenvalue weighted by Gasteiger charge is -2.10. The summed E-state index contributed by atoms with van der Waals surface area (Å²) < 4.78 is 5.29. The quantitative estimate of drug-likeness (QED) is 0.853. The van der Waals surface area contributed by atoms with Gasteiger partial charge in [-0.25, -0.2) is 0 Å². The Balaban J connectivity index is 2.05. The highest BCUT2D eigenvalue weighted by atomic mass is 16.3. The maximum absolute atomic E-state index is 12.2. The Bertz CT molecular complexity index is 602. The Morgan fingerprint density at radius 3 is 2.81 bits per heavy atom. The fraction of sp³-hybridized carbons (Fsp3) is 0.353. The van der Waals surface area contributed by atoms with E-state index in [0.717, 1.165) is 17.8 Å². The second-order valence-electron chi connectivity index (χ2n) is 5.30. The van der Waals surface area contributed by atoms with Gasteiger partial charge in [0, 0.05) is 24.7 Å². The molecule has 0 aliphatic carbocycles. The van der Waals surface area contributed by atoms with E-state index < -0.39 is 0 Å². The zero-order valence-corrected chi connectivity index (χ0v) is 12.8. The molecule has 4 nitrogen and oxygen atoms in total. The van der Waals surface area contributed by atoms with Gasteiger partial charge in [-0.15, -0.1) is 0 Å². The Morgan fingerprint density at radius 1 is 1.29 bits per heavy atom.